The summed E-state index contributed by atoms with van der Waals surface area (Å²) in [6.07, 6.45) is 8.85. The van der Waals surface area contributed by atoms with Crippen LogP contribution in [0.1, 0.15) is 52.4 Å². The molecule has 0 radical (unpaired) electrons. The molecular weight excluding hydrogens is 208 g/mol. The first-order chi connectivity index (χ1) is 8.28. The lowest BCUT2D eigenvalue weighted by molar-refractivity contribution is 0.0592. The van der Waals surface area contributed by atoms with Crippen molar-refractivity contribution < 1.29 is 0 Å². The maximum Gasteiger partial charge on any atom is 0.0129 e. The fourth-order valence-electron chi connectivity index (χ4n) is 4.77. The van der Waals surface area contributed by atoms with E-state index in [9.17, 15) is 0 Å². The molecule has 0 aromatic heterocycles. The van der Waals surface area contributed by atoms with Crippen molar-refractivity contribution in [1.82, 2.24) is 10.2 Å². The molecule has 5 atom stereocenters. The minimum Gasteiger partial charge on any atom is -0.314 e. The second kappa shape index (κ2) is 4.89. The third kappa shape index (κ3) is 2.26. The zero-order valence-corrected chi connectivity index (χ0v) is 11.5. The molecular formula is C15H28N2. The number of hydrogen-bond acceptors (Lipinski definition) is 2. The highest BCUT2D eigenvalue weighted by Crippen LogP contribution is 2.47. The fourth-order valence-corrected chi connectivity index (χ4v) is 4.77. The lowest BCUT2D eigenvalue weighted by atomic mass is 9.89. The normalized spacial score (nSPS) is 46.6. The van der Waals surface area contributed by atoms with Crippen molar-refractivity contribution in [2.45, 2.75) is 70.5 Å². The Hall–Kier alpha value is -0.0800. The van der Waals surface area contributed by atoms with Gasteiger partial charge in [0.05, 0.1) is 0 Å². The molecule has 3 rings (SSSR count). The molecule has 1 aliphatic heterocycles. The number of rotatable bonds is 3. The molecule has 1 saturated heterocycles. The van der Waals surface area contributed by atoms with Gasteiger partial charge < -0.3 is 5.32 Å². The van der Waals surface area contributed by atoms with Gasteiger partial charge in [0.2, 0.25) is 0 Å². The van der Waals surface area contributed by atoms with E-state index >= 15 is 0 Å². The van der Waals surface area contributed by atoms with Crippen LogP contribution in [0.15, 0.2) is 0 Å². The number of likely N-dealkylation sites (tertiary alicyclic amines) is 1. The van der Waals surface area contributed by atoms with Crippen molar-refractivity contribution in [3.8, 4) is 0 Å². The molecule has 0 aromatic rings. The average Bonchev–Trinajstić information content (AvgIpc) is 2.91. The van der Waals surface area contributed by atoms with Crippen LogP contribution in [0.4, 0.5) is 0 Å². The van der Waals surface area contributed by atoms with E-state index in [4.69, 9.17) is 0 Å². The van der Waals surface area contributed by atoms with Gasteiger partial charge in [-0.1, -0.05) is 13.3 Å². The Bertz CT molecular complexity index is 266. The van der Waals surface area contributed by atoms with Crippen LogP contribution in [0, 0.1) is 11.8 Å². The molecule has 2 nitrogen and oxygen atoms in total. The molecule has 5 unspecified atom stereocenters. The van der Waals surface area contributed by atoms with Gasteiger partial charge in [-0.3, -0.25) is 4.90 Å². The Morgan fingerprint density at radius 1 is 1.12 bits per heavy atom. The van der Waals surface area contributed by atoms with Crippen LogP contribution in [0.25, 0.3) is 0 Å². The predicted molar refractivity (Wildman–Crippen MR) is 72.1 cm³/mol. The van der Waals surface area contributed by atoms with E-state index in [1.807, 2.05) is 0 Å². The Morgan fingerprint density at radius 2 is 2.00 bits per heavy atom. The van der Waals surface area contributed by atoms with E-state index < -0.39 is 0 Å². The molecule has 2 heteroatoms. The molecule has 3 fully saturated rings. The second-order valence-electron chi connectivity index (χ2n) is 6.61. The lowest BCUT2D eigenvalue weighted by Crippen LogP contribution is -2.52. The topological polar surface area (TPSA) is 15.3 Å². The van der Waals surface area contributed by atoms with Gasteiger partial charge in [0, 0.05) is 24.7 Å². The van der Waals surface area contributed by atoms with Gasteiger partial charge in [-0.05, 0) is 57.4 Å². The van der Waals surface area contributed by atoms with Gasteiger partial charge in [-0.25, -0.2) is 0 Å². The minimum atomic E-state index is 0.782. The van der Waals surface area contributed by atoms with Crippen LogP contribution in [0.5, 0.6) is 0 Å². The van der Waals surface area contributed by atoms with E-state index in [2.05, 4.69) is 24.1 Å². The van der Waals surface area contributed by atoms with Crippen LogP contribution in [0.2, 0.25) is 0 Å². The molecule has 2 bridgehead atoms. The van der Waals surface area contributed by atoms with Crippen LogP contribution in [0.3, 0.4) is 0 Å². The molecule has 98 valence electrons. The smallest absolute Gasteiger partial charge is 0.0129 e. The second-order valence-corrected chi connectivity index (χ2v) is 6.61. The largest absolute Gasteiger partial charge is 0.314 e. The van der Waals surface area contributed by atoms with Gasteiger partial charge in [0.1, 0.15) is 0 Å². The highest BCUT2D eigenvalue weighted by Gasteiger charge is 2.44. The highest BCUT2D eigenvalue weighted by atomic mass is 15.2. The Balaban J connectivity index is 1.58. The number of nitrogens with zero attached hydrogens (tertiary/aromatic N) is 1. The highest BCUT2D eigenvalue weighted by molar-refractivity contribution is 4.98. The molecule has 2 aliphatic carbocycles. The number of nitrogens with one attached hydrogen (secondary N) is 1. The molecule has 0 aromatic carbocycles. The monoisotopic (exact) mass is 236 g/mol. The third-order valence-electron chi connectivity index (χ3n) is 5.55. The summed E-state index contributed by atoms with van der Waals surface area (Å²) >= 11 is 0. The average molecular weight is 236 g/mol. The molecule has 1 N–H and O–H groups in total. The van der Waals surface area contributed by atoms with E-state index in [0.717, 1.165) is 36.5 Å². The zero-order chi connectivity index (χ0) is 11.8. The first-order valence-electron chi connectivity index (χ1n) is 7.77. The van der Waals surface area contributed by atoms with Crippen molar-refractivity contribution in [3.05, 3.63) is 0 Å². The van der Waals surface area contributed by atoms with Gasteiger partial charge in [-0.15, -0.1) is 0 Å². The van der Waals surface area contributed by atoms with Crippen molar-refractivity contribution in [2.75, 3.05) is 13.1 Å². The Morgan fingerprint density at radius 3 is 2.59 bits per heavy atom. The quantitative estimate of drug-likeness (QED) is 0.810. The zero-order valence-electron chi connectivity index (χ0n) is 11.5. The van der Waals surface area contributed by atoms with Gasteiger partial charge >= 0.3 is 0 Å². The SMILES string of the molecule is CCNC1CCN(C2CC3CCC2C3)C(C)C1. The summed E-state index contributed by atoms with van der Waals surface area (Å²) in [5.41, 5.74) is 0. The van der Waals surface area contributed by atoms with Crippen LogP contribution in [-0.2, 0) is 0 Å². The molecule has 3 aliphatic rings. The van der Waals surface area contributed by atoms with Crippen molar-refractivity contribution >= 4 is 0 Å². The molecule has 0 amide bonds. The summed E-state index contributed by atoms with van der Waals surface area (Å²) < 4.78 is 0. The fraction of sp³-hybridized carbons (Fsp3) is 1.00. The summed E-state index contributed by atoms with van der Waals surface area (Å²) in [6, 6.07) is 2.54. The standard InChI is InChI=1S/C15H28N2/c1-3-16-14-6-7-17(11(2)8-14)15-10-12-4-5-13(15)9-12/h11-16H,3-10H2,1-2H3. The lowest BCUT2D eigenvalue weighted by Gasteiger charge is -2.44. The summed E-state index contributed by atoms with van der Waals surface area (Å²) in [5.74, 6) is 2.14. The number of fused-ring (bicyclic) bond motifs is 2. The van der Waals surface area contributed by atoms with Crippen LogP contribution in [-0.4, -0.2) is 36.1 Å². The Labute approximate surface area is 106 Å². The molecule has 17 heavy (non-hydrogen) atoms. The van der Waals surface area contributed by atoms with E-state index in [1.165, 1.54) is 38.6 Å². The minimum absolute atomic E-state index is 0.782. The van der Waals surface area contributed by atoms with Crippen molar-refractivity contribution in [2.24, 2.45) is 11.8 Å². The van der Waals surface area contributed by atoms with E-state index in [1.54, 1.807) is 6.42 Å². The van der Waals surface area contributed by atoms with E-state index in [0.29, 0.717) is 0 Å². The summed E-state index contributed by atoms with van der Waals surface area (Å²) in [5, 5.41) is 3.63. The van der Waals surface area contributed by atoms with Gasteiger partial charge in [-0.2, -0.15) is 0 Å². The Kier molecular flexibility index (Phi) is 3.45. The van der Waals surface area contributed by atoms with Crippen LogP contribution >= 0.6 is 0 Å². The first-order valence-corrected chi connectivity index (χ1v) is 7.77. The van der Waals surface area contributed by atoms with E-state index in [-0.39, 0.29) is 0 Å². The predicted octanol–water partition coefficient (Wildman–Crippen LogP) is 2.64. The van der Waals surface area contributed by atoms with Gasteiger partial charge in [0.15, 0.2) is 0 Å². The van der Waals surface area contributed by atoms with Crippen LogP contribution < -0.4 is 5.32 Å². The number of piperidine rings is 1. The molecule has 1 heterocycles. The van der Waals surface area contributed by atoms with Crippen molar-refractivity contribution in [1.29, 1.82) is 0 Å². The first kappa shape index (κ1) is 12.0. The molecule has 0 spiro atoms. The summed E-state index contributed by atoms with van der Waals surface area (Å²) in [4.78, 5) is 2.86. The maximum absolute atomic E-state index is 3.63. The number of hydrogen-bond donors (Lipinski definition) is 1. The summed E-state index contributed by atoms with van der Waals surface area (Å²) in [7, 11) is 0. The van der Waals surface area contributed by atoms with Gasteiger partial charge in [0.25, 0.3) is 0 Å². The maximum atomic E-state index is 3.63. The summed E-state index contributed by atoms with van der Waals surface area (Å²) in [6.45, 7) is 7.15. The third-order valence-corrected chi connectivity index (χ3v) is 5.55. The molecule has 2 saturated carbocycles. The van der Waals surface area contributed by atoms with Crippen molar-refractivity contribution in [3.63, 3.8) is 0 Å².